The Hall–Kier alpha value is -1.48. The number of thioether (sulfide) groups is 4. The van der Waals surface area contributed by atoms with Crippen LogP contribution in [-0.2, 0) is 35.8 Å². The minimum atomic E-state index is -1.81. The zero-order chi connectivity index (χ0) is 26.4. The van der Waals surface area contributed by atoms with Crippen molar-refractivity contribution >= 4 is 114 Å². The van der Waals surface area contributed by atoms with Crippen LogP contribution in [0.5, 0.6) is 0 Å². The number of aromatic nitrogens is 4. The fourth-order valence-electron chi connectivity index (χ4n) is 3.51. The molecule has 0 bridgehead atoms. The molecule has 0 aliphatic carbocycles. The zero-order valence-electron chi connectivity index (χ0n) is 18.4. The fraction of sp³-hybridized carbons (Fsp3) is 0.412. The fourth-order valence-corrected chi connectivity index (χ4v) is 8.16. The Morgan fingerprint density at radius 3 is 2.49 bits per heavy atom. The molecular weight excluding hydrogens is 599 g/mol. The maximum atomic E-state index is 13.2. The van der Waals surface area contributed by atoms with E-state index in [4.69, 9.17) is 15.6 Å². The van der Waals surface area contributed by atoms with Crippen molar-refractivity contribution in [3.8, 4) is 0 Å². The van der Waals surface area contributed by atoms with E-state index >= 15 is 0 Å². The zero-order valence-corrected chi connectivity index (χ0v) is 21.6. The molecule has 3 aliphatic heterocycles. The summed E-state index contributed by atoms with van der Waals surface area (Å²) in [7, 11) is 2.86. The Balaban J connectivity index is 0.00000380. The van der Waals surface area contributed by atoms with Crippen LogP contribution >= 0.6 is 47.0 Å². The number of methoxy groups -OCH3 is 1. The van der Waals surface area contributed by atoms with Crippen LogP contribution in [0.1, 0.15) is 0 Å². The Bertz CT molecular complexity index is 1230. The molecule has 37 heavy (non-hydrogen) atoms. The van der Waals surface area contributed by atoms with E-state index in [1.807, 2.05) is 0 Å². The second kappa shape index (κ2) is 11.7. The molecule has 2 atom stereocenters. The van der Waals surface area contributed by atoms with Crippen molar-refractivity contribution < 1.29 is 38.9 Å². The number of carbonyl (C=O) groups excluding carboxylic acids is 3. The van der Waals surface area contributed by atoms with Crippen LogP contribution in [0.3, 0.4) is 0 Å². The normalized spacial score (nSPS) is 24.3. The quantitative estimate of drug-likeness (QED) is 0.0435. The van der Waals surface area contributed by atoms with Crippen molar-refractivity contribution in [2.75, 3.05) is 18.6 Å². The van der Waals surface area contributed by atoms with E-state index in [1.54, 1.807) is 7.05 Å². The van der Waals surface area contributed by atoms with Gasteiger partial charge in [-0.2, -0.15) is 0 Å². The predicted molar refractivity (Wildman–Crippen MR) is 137 cm³/mol. The van der Waals surface area contributed by atoms with E-state index < -0.39 is 50.9 Å². The van der Waals surface area contributed by atoms with Crippen LogP contribution in [0.25, 0.3) is 0 Å². The number of amides is 3. The number of nitrogens with two attached hydrogens (primary N) is 1. The summed E-state index contributed by atoms with van der Waals surface area (Å²) < 4.78 is 6.05. The molecule has 1 aromatic heterocycles. The van der Waals surface area contributed by atoms with Crippen molar-refractivity contribution in [1.82, 2.24) is 30.4 Å². The topological polar surface area (TPSA) is 220 Å². The molecule has 20 heteroatoms. The van der Waals surface area contributed by atoms with Gasteiger partial charge in [0.05, 0.1) is 4.24 Å². The molecule has 196 valence electrons. The molecule has 3 amide bonds. The summed E-state index contributed by atoms with van der Waals surface area (Å²) in [6.45, 7) is 0. The molecule has 5 N–H and O–H groups in total. The number of aliphatic carboxylic acids is 2. The molecule has 3 aliphatic rings. The molecule has 15 nitrogen and oxygen atoms in total. The van der Waals surface area contributed by atoms with Crippen molar-refractivity contribution in [3.05, 3.63) is 21.1 Å². The molecule has 0 radical (unpaired) electrons. The summed E-state index contributed by atoms with van der Waals surface area (Å²) in [5, 5.41) is 32.2. The summed E-state index contributed by atoms with van der Waals surface area (Å²) in [5.41, 5.74) is 2.93. The Kier molecular flexibility index (Phi) is 9.53. The molecular formula is C17H19CaN7O8S4. The minimum absolute atomic E-state index is 0. The first-order chi connectivity index (χ1) is 17.0. The van der Waals surface area contributed by atoms with Crippen LogP contribution < -0.4 is 11.1 Å². The van der Waals surface area contributed by atoms with Gasteiger partial charge in [-0.25, -0.2) is 14.3 Å². The number of carboxylic acid groups (broad SMARTS) is 2. The molecule has 2 saturated heterocycles. The number of nitrogens with one attached hydrogen (secondary N) is 1. The van der Waals surface area contributed by atoms with Gasteiger partial charge in [0.1, 0.15) is 21.2 Å². The Labute approximate surface area is 255 Å². The number of ether oxygens (including phenoxy) is 1. The monoisotopic (exact) mass is 617 g/mol. The predicted octanol–water partition coefficient (Wildman–Crippen LogP) is -2.31. The van der Waals surface area contributed by atoms with Crippen LogP contribution in [0.4, 0.5) is 0 Å². The summed E-state index contributed by atoms with van der Waals surface area (Å²) in [6, 6.07) is 0. The van der Waals surface area contributed by atoms with Gasteiger partial charge < -0.3 is 26.0 Å². The Morgan fingerprint density at radius 2 is 1.97 bits per heavy atom. The maximum absolute atomic E-state index is 13.2. The average Bonchev–Trinajstić information content (AvgIpc) is 3.20. The molecule has 4 rings (SSSR count). The van der Waals surface area contributed by atoms with Crippen LogP contribution in [0.15, 0.2) is 26.2 Å². The number of aryl methyl sites for hydroxylation is 1. The molecule has 0 unspecified atom stereocenters. The van der Waals surface area contributed by atoms with Crippen molar-refractivity contribution in [2.45, 2.75) is 20.8 Å². The van der Waals surface area contributed by atoms with Gasteiger partial charge in [-0.3, -0.25) is 19.3 Å². The molecule has 1 aromatic rings. The first-order valence-electron chi connectivity index (χ1n) is 9.75. The average molecular weight is 618 g/mol. The van der Waals surface area contributed by atoms with Gasteiger partial charge in [-0.05, 0) is 16.0 Å². The SMILES string of the molecule is CO[C@@]1(NC(=O)C2SC(=C(C(N)=O)C(=O)O)S2)C(=O)N2C(C(=O)O)=C(CSc3nnnn3C)CS[C@@H]21.[CaH2]. The number of fused-ring (bicyclic) bond motifs is 1. The number of primary amides is 1. The summed E-state index contributed by atoms with van der Waals surface area (Å²) in [4.78, 5) is 61.7. The first kappa shape index (κ1) is 30.1. The third-order valence-electron chi connectivity index (χ3n) is 5.21. The molecule has 4 heterocycles. The first-order valence-corrected chi connectivity index (χ1v) is 13.5. The van der Waals surface area contributed by atoms with Crippen LogP contribution in [-0.4, -0.2) is 137 Å². The second-order valence-corrected chi connectivity index (χ2v) is 12.1. The number of carboxylic acids is 2. The molecule has 0 aromatic carbocycles. The van der Waals surface area contributed by atoms with E-state index in [9.17, 15) is 29.1 Å². The third kappa shape index (κ3) is 5.36. The molecule has 2 fully saturated rings. The third-order valence-corrected chi connectivity index (χ3v) is 10.5. The van der Waals surface area contributed by atoms with Crippen molar-refractivity contribution in [2.24, 2.45) is 12.8 Å². The molecule has 0 spiro atoms. The number of β-lactam (4-membered cyclic amide) rings is 1. The number of tetrazole rings is 1. The Morgan fingerprint density at radius 1 is 1.30 bits per heavy atom. The van der Waals surface area contributed by atoms with E-state index in [1.165, 1.54) is 35.3 Å². The van der Waals surface area contributed by atoms with Gasteiger partial charge in [0, 0.05) is 25.7 Å². The van der Waals surface area contributed by atoms with E-state index in [-0.39, 0.29) is 59.2 Å². The number of rotatable bonds is 9. The summed E-state index contributed by atoms with van der Waals surface area (Å²) in [5.74, 6) is -4.89. The number of hydrogen-bond acceptors (Lipinski definition) is 13. The number of nitrogens with zero attached hydrogens (tertiary/aromatic N) is 5. The van der Waals surface area contributed by atoms with Gasteiger partial charge in [0.2, 0.25) is 11.1 Å². The summed E-state index contributed by atoms with van der Waals surface area (Å²) >= 11 is 4.06. The second-order valence-electron chi connectivity index (χ2n) is 7.30. The van der Waals surface area contributed by atoms with E-state index in [0.717, 1.165) is 28.4 Å². The van der Waals surface area contributed by atoms with Crippen molar-refractivity contribution in [1.29, 1.82) is 0 Å². The van der Waals surface area contributed by atoms with E-state index in [0.29, 0.717) is 10.7 Å². The number of carbonyl (C=O) groups is 5. The van der Waals surface area contributed by atoms with Gasteiger partial charge in [0.25, 0.3) is 17.5 Å². The van der Waals surface area contributed by atoms with Gasteiger partial charge in [-0.1, -0.05) is 35.3 Å². The van der Waals surface area contributed by atoms with Gasteiger partial charge in [0.15, 0.2) is 0 Å². The number of hydrogen-bond donors (Lipinski definition) is 4. The van der Waals surface area contributed by atoms with Crippen LogP contribution in [0, 0.1) is 0 Å². The van der Waals surface area contributed by atoms with Crippen molar-refractivity contribution in [3.63, 3.8) is 0 Å². The van der Waals surface area contributed by atoms with Crippen LogP contribution in [0.2, 0.25) is 0 Å². The summed E-state index contributed by atoms with van der Waals surface area (Å²) in [6.07, 6.45) is 0. The van der Waals surface area contributed by atoms with E-state index in [2.05, 4.69) is 20.8 Å². The standard InChI is InChI=1S/C17H17N7O8S4.Ca.2H/c1-23-16(20-21-22-23)34-4-5-3-33-15-17(32-2,14(31)24(15)7(5)11(29)30)19-9(26)13-35-12(36-13)6(8(18)25)10(27)28;;;/h13,15H,3-4H2,1-2H3,(H2,18,25)(H,19,26)(H,27,28)(H,29,30);;;/t13?,15-,17+;;;/m1.../s1. The van der Waals surface area contributed by atoms with Gasteiger partial charge in [-0.15, -0.1) is 16.9 Å². The molecule has 0 saturated carbocycles. The van der Waals surface area contributed by atoms with Gasteiger partial charge >= 0.3 is 49.7 Å².